The molecule has 2 fully saturated rings. The highest BCUT2D eigenvalue weighted by Crippen LogP contribution is 2.18. The normalized spacial score (nSPS) is 33.0. The fourth-order valence-corrected chi connectivity index (χ4v) is 2.73. The van der Waals surface area contributed by atoms with E-state index in [1.165, 1.54) is 4.90 Å². The fraction of sp³-hybridized carbons (Fsp3) is 0.833. The van der Waals surface area contributed by atoms with Gasteiger partial charge in [-0.15, -0.1) is 0 Å². The Balaban J connectivity index is 1.90. The molecule has 0 aromatic rings. The minimum Gasteiger partial charge on any atom is -0.465 e. The van der Waals surface area contributed by atoms with E-state index in [2.05, 4.69) is 12.2 Å². The molecule has 0 bridgehead atoms. The maximum atomic E-state index is 11.7. The van der Waals surface area contributed by atoms with Crippen LogP contribution in [0.4, 0.5) is 4.79 Å². The van der Waals surface area contributed by atoms with Gasteiger partial charge in [-0.3, -0.25) is 4.79 Å². The lowest BCUT2D eigenvalue weighted by Gasteiger charge is -2.38. The average Bonchev–Trinajstić information content (AvgIpc) is 2.60. The summed E-state index contributed by atoms with van der Waals surface area (Å²) in [7, 11) is 0. The van der Waals surface area contributed by atoms with Gasteiger partial charge in [-0.25, -0.2) is 4.79 Å². The number of carboxylic acid groups (broad SMARTS) is 1. The van der Waals surface area contributed by atoms with E-state index in [1.54, 1.807) is 0 Å². The van der Waals surface area contributed by atoms with Gasteiger partial charge in [0.2, 0.25) is 5.91 Å². The van der Waals surface area contributed by atoms with Crippen LogP contribution in [0.3, 0.4) is 0 Å². The van der Waals surface area contributed by atoms with Crippen LogP contribution in [0.5, 0.6) is 0 Å². The number of carbonyl (C=O) groups is 2. The minimum absolute atomic E-state index is 0.00745. The number of piperazine rings is 1. The van der Waals surface area contributed by atoms with Crippen molar-refractivity contribution in [3.63, 3.8) is 0 Å². The zero-order valence-corrected chi connectivity index (χ0v) is 10.9. The highest BCUT2D eigenvalue weighted by atomic mass is 16.4. The van der Waals surface area contributed by atoms with Crippen LogP contribution < -0.4 is 5.32 Å². The molecule has 2 saturated heterocycles. The number of rotatable bonds is 2. The summed E-state index contributed by atoms with van der Waals surface area (Å²) < 4.78 is 0. The van der Waals surface area contributed by atoms with E-state index in [-0.39, 0.29) is 18.0 Å². The van der Waals surface area contributed by atoms with Crippen LogP contribution in [0.15, 0.2) is 0 Å². The standard InChI is InChI=1S/C12H21N3O3/c1-8-3-11(16)14(5-8)6-10-7-15(12(17)18)9(2)4-13-10/h8-10,13H,3-7H2,1-2H3,(H,17,18)/t8?,9-,10-/m1/s1. The lowest BCUT2D eigenvalue weighted by Crippen LogP contribution is -2.59. The molecule has 0 aromatic heterocycles. The van der Waals surface area contributed by atoms with Crippen LogP contribution in [-0.4, -0.2) is 65.2 Å². The van der Waals surface area contributed by atoms with Crippen molar-refractivity contribution in [3.8, 4) is 0 Å². The van der Waals surface area contributed by atoms with E-state index in [1.807, 2.05) is 11.8 Å². The highest BCUT2D eigenvalue weighted by molar-refractivity contribution is 5.78. The molecule has 6 nitrogen and oxygen atoms in total. The molecule has 0 spiro atoms. The Morgan fingerprint density at radius 3 is 2.72 bits per heavy atom. The molecule has 0 aromatic carbocycles. The first-order valence-electron chi connectivity index (χ1n) is 6.48. The van der Waals surface area contributed by atoms with Crippen molar-refractivity contribution >= 4 is 12.0 Å². The van der Waals surface area contributed by atoms with Crippen LogP contribution in [0.2, 0.25) is 0 Å². The van der Waals surface area contributed by atoms with Crippen LogP contribution in [0.1, 0.15) is 20.3 Å². The molecule has 6 heteroatoms. The van der Waals surface area contributed by atoms with Crippen molar-refractivity contribution in [2.75, 3.05) is 26.2 Å². The number of hydrogen-bond acceptors (Lipinski definition) is 3. The second kappa shape index (κ2) is 5.14. The summed E-state index contributed by atoms with van der Waals surface area (Å²) in [6.45, 7) is 6.46. The van der Waals surface area contributed by atoms with Crippen molar-refractivity contribution in [3.05, 3.63) is 0 Å². The van der Waals surface area contributed by atoms with Gasteiger partial charge in [0.1, 0.15) is 0 Å². The van der Waals surface area contributed by atoms with Gasteiger partial charge in [-0.1, -0.05) is 6.92 Å². The van der Waals surface area contributed by atoms with Crippen LogP contribution >= 0.6 is 0 Å². The van der Waals surface area contributed by atoms with E-state index in [9.17, 15) is 9.59 Å². The molecule has 2 aliphatic heterocycles. The number of likely N-dealkylation sites (tertiary alicyclic amines) is 1. The summed E-state index contributed by atoms with van der Waals surface area (Å²) >= 11 is 0. The van der Waals surface area contributed by atoms with Crippen molar-refractivity contribution in [2.24, 2.45) is 5.92 Å². The second-order valence-electron chi connectivity index (χ2n) is 5.50. The van der Waals surface area contributed by atoms with Gasteiger partial charge >= 0.3 is 6.09 Å². The first kappa shape index (κ1) is 13.1. The van der Waals surface area contributed by atoms with Gasteiger partial charge in [-0.2, -0.15) is 0 Å². The smallest absolute Gasteiger partial charge is 0.407 e. The van der Waals surface area contributed by atoms with E-state index < -0.39 is 6.09 Å². The molecule has 1 unspecified atom stereocenters. The fourth-order valence-electron chi connectivity index (χ4n) is 2.73. The zero-order valence-electron chi connectivity index (χ0n) is 10.9. The molecular formula is C12H21N3O3. The highest BCUT2D eigenvalue weighted by Gasteiger charge is 2.33. The van der Waals surface area contributed by atoms with Gasteiger partial charge in [0.15, 0.2) is 0 Å². The molecule has 0 aliphatic carbocycles. The molecule has 0 radical (unpaired) electrons. The third-order valence-corrected chi connectivity index (χ3v) is 3.75. The van der Waals surface area contributed by atoms with E-state index in [0.29, 0.717) is 32.0 Å². The topological polar surface area (TPSA) is 72.9 Å². The predicted octanol–water partition coefficient (Wildman–Crippen LogP) is 0.195. The molecule has 18 heavy (non-hydrogen) atoms. The van der Waals surface area contributed by atoms with Gasteiger partial charge in [0.05, 0.1) is 0 Å². The van der Waals surface area contributed by atoms with Crippen molar-refractivity contribution in [1.82, 2.24) is 15.1 Å². The number of hydrogen-bond donors (Lipinski definition) is 2. The summed E-state index contributed by atoms with van der Waals surface area (Å²) in [5, 5.41) is 12.4. The Bertz CT molecular complexity index is 347. The van der Waals surface area contributed by atoms with Gasteiger partial charge < -0.3 is 20.2 Å². The first-order valence-corrected chi connectivity index (χ1v) is 6.48. The van der Waals surface area contributed by atoms with E-state index in [0.717, 1.165) is 6.54 Å². The zero-order chi connectivity index (χ0) is 13.3. The van der Waals surface area contributed by atoms with Gasteiger partial charge in [0.25, 0.3) is 0 Å². The third kappa shape index (κ3) is 2.75. The summed E-state index contributed by atoms with van der Waals surface area (Å²) in [5.74, 6) is 0.598. The quantitative estimate of drug-likeness (QED) is 0.739. The number of nitrogens with zero attached hydrogens (tertiary/aromatic N) is 2. The SMILES string of the molecule is CC1CC(=O)N(C[C@@H]2CN(C(=O)O)[C@H](C)CN2)C1. The second-order valence-corrected chi connectivity index (χ2v) is 5.50. The Morgan fingerprint density at radius 2 is 2.17 bits per heavy atom. The van der Waals surface area contributed by atoms with E-state index in [4.69, 9.17) is 5.11 Å². The van der Waals surface area contributed by atoms with Crippen LogP contribution in [0, 0.1) is 5.92 Å². The van der Waals surface area contributed by atoms with Crippen molar-refractivity contribution < 1.29 is 14.7 Å². The van der Waals surface area contributed by atoms with Crippen LogP contribution in [0.25, 0.3) is 0 Å². The van der Waals surface area contributed by atoms with E-state index >= 15 is 0 Å². The Labute approximate surface area is 107 Å². The molecule has 102 valence electrons. The first-order chi connectivity index (χ1) is 8.47. The largest absolute Gasteiger partial charge is 0.465 e. The molecule has 2 aliphatic rings. The van der Waals surface area contributed by atoms with Crippen LogP contribution in [-0.2, 0) is 4.79 Å². The predicted molar refractivity (Wildman–Crippen MR) is 66.3 cm³/mol. The summed E-state index contributed by atoms with van der Waals surface area (Å²) in [5.41, 5.74) is 0. The maximum Gasteiger partial charge on any atom is 0.407 e. The monoisotopic (exact) mass is 255 g/mol. The summed E-state index contributed by atoms with van der Waals surface area (Å²) in [6, 6.07) is 0.0403. The minimum atomic E-state index is -0.880. The molecular weight excluding hydrogens is 234 g/mol. The number of carbonyl (C=O) groups excluding carboxylic acids is 1. The van der Waals surface area contributed by atoms with Crippen molar-refractivity contribution in [1.29, 1.82) is 0 Å². The Hall–Kier alpha value is -1.30. The number of amides is 2. The molecule has 2 N–H and O–H groups in total. The lowest BCUT2D eigenvalue weighted by atomic mass is 10.1. The molecule has 2 heterocycles. The number of nitrogens with one attached hydrogen (secondary N) is 1. The molecule has 2 amide bonds. The summed E-state index contributed by atoms with van der Waals surface area (Å²) in [4.78, 5) is 26.1. The van der Waals surface area contributed by atoms with Gasteiger partial charge in [0, 0.05) is 44.7 Å². The Kier molecular flexibility index (Phi) is 3.75. The van der Waals surface area contributed by atoms with Crippen molar-refractivity contribution in [2.45, 2.75) is 32.4 Å². The van der Waals surface area contributed by atoms with Gasteiger partial charge in [-0.05, 0) is 12.8 Å². The third-order valence-electron chi connectivity index (χ3n) is 3.75. The molecule has 0 saturated carbocycles. The maximum absolute atomic E-state index is 11.7. The Morgan fingerprint density at radius 1 is 1.44 bits per heavy atom. The lowest BCUT2D eigenvalue weighted by molar-refractivity contribution is -0.128. The average molecular weight is 255 g/mol. The molecule has 3 atom stereocenters. The molecule has 2 rings (SSSR count). The summed E-state index contributed by atoms with van der Waals surface area (Å²) in [6.07, 6.45) is -0.263.